The fraction of sp³-hybridized carbons (Fsp3) is 0.556. The van der Waals surface area contributed by atoms with Crippen molar-refractivity contribution in [1.82, 2.24) is 5.32 Å². The molecule has 136 valence electrons. The van der Waals surface area contributed by atoms with Gasteiger partial charge in [-0.05, 0) is 31.0 Å². The van der Waals surface area contributed by atoms with Crippen molar-refractivity contribution in [3.8, 4) is 11.5 Å². The maximum absolute atomic E-state index is 10.9. The number of methoxy groups -OCH3 is 2. The Hall–Kier alpha value is -1.80. The number of aromatic hydroxyl groups is 1. The predicted molar refractivity (Wildman–Crippen MR) is 88.4 cm³/mol. The van der Waals surface area contributed by atoms with Crippen molar-refractivity contribution in [2.75, 3.05) is 20.8 Å². The molecule has 5 atom stereocenters. The van der Waals surface area contributed by atoms with Crippen LogP contribution in [0.3, 0.4) is 0 Å². The third kappa shape index (κ3) is 2.01. The van der Waals surface area contributed by atoms with Gasteiger partial charge in [-0.1, -0.05) is 6.07 Å². The molecule has 0 radical (unpaired) electrons. The zero-order valence-corrected chi connectivity index (χ0v) is 14.2. The molecule has 1 saturated heterocycles. The molecule has 2 aliphatic carbocycles. The van der Waals surface area contributed by atoms with Crippen LogP contribution in [0.5, 0.6) is 11.5 Å². The van der Waals surface area contributed by atoms with Gasteiger partial charge in [0.1, 0.15) is 11.9 Å². The number of hydrogen-bond donors (Lipinski definition) is 5. The molecule has 2 bridgehead atoms. The standard InChI is InChI=1S/C18H23NO6/c1-24-10-4-3-8-11(16(10)23)18-5-6-19-13(14(8)21)12(18)17(25-2)15(22)9(20)7-18/h3-4,9,13-15,19-23H,5-7H2,1-2H3/t9-,13-,14+,15-,18+/m0/s1. The highest BCUT2D eigenvalue weighted by atomic mass is 16.5. The van der Waals surface area contributed by atoms with Gasteiger partial charge in [-0.3, -0.25) is 0 Å². The van der Waals surface area contributed by atoms with Crippen molar-refractivity contribution < 1.29 is 29.9 Å². The molecular formula is C18H23NO6. The summed E-state index contributed by atoms with van der Waals surface area (Å²) in [7, 11) is 2.92. The smallest absolute Gasteiger partial charge is 0.162 e. The van der Waals surface area contributed by atoms with Crippen LogP contribution in [0.15, 0.2) is 23.5 Å². The number of phenols is 1. The fourth-order valence-corrected chi connectivity index (χ4v) is 4.92. The van der Waals surface area contributed by atoms with Crippen LogP contribution < -0.4 is 10.1 Å². The molecule has 1 aromatic carbocycles. The fourth-order valence-electron chi connectivity index (χ4n) is 4.92. The number of ether oxygens (including phenoxy) is 2. The van der Waals surface area contributed by atoms with E-state index in [-0.39, 0.29) is 17.9 Å². The number of hydrogen-bond acceptors (Lipinski definition) is 7. The number of rotatable bonds is 2. The Labute approximate surface area is 145 Å². The first-order valence-electron chi connectivity index (χ1n) is 8.42. The molecule has 1 fully saturated rings. The monoisotopic (exact) mass is 349 g/mol. The van der Waals surface area contributed by atoms with E-state index in [4.69, 9.17) is 9.47 Å². The molecular weight excluding hydrogens is 326 g/mol. The minimum absolute atomic E-state index is 0.0315. The van der Waals surface area contributed by atoms with Crippen LogP contribution in [0.1, 0.15) is 30.1 Å². The largest absolute Gasteiger partial charge is 0.504 e. The molecule has 3 aliphatic rings. The summed E-state index contributed by atoms with van der Waals surface area (Å²) >= 11 is 0. The Morgan fingerprint density at radius 1 is 1.12 bits per heavy atom. The molecule has 7 heteroatoms. The second-order valence-corrected chi connectivity index (χ2v) is 6.99. The van der Waals surface area contributed by atoms with Gasteiger partial charge in [0.25, 0.3) is 0 Å². The molecule has 0 saturated carbocycles. The SMILES string of the molecule is COC1=C2[C@@H]3NCC[C@@]2(C[C@H](O)[C@@H]1O)c1c(ccc(OC)c1O)[C@H]3O. The van der Waals surface area contributed by atoms with E-state index in [1.54, 1.807) is 12.1 Å². The first-order chi connectivity index (χ1) is 12.0. The van der Waals surface area contributed by atoms with Crippen molar-refractivity contribution in [2.24, 2.45) is 0 Å². The minimum atomic E-state index is -1.16. The highest BCUT2D eigenvalue weighted by Crippen LogP contribution is 2.59. The highest BCUT2D eigenvalue weighted by Gasteiger charge is 2.58. The van der Waals surface area contributed by atoms with E-state index in [0.29, 0.717) is 35.4 Å². The first-order valence-corrected chi connectivity index (χ1v) is 8.42. The van der Waals surface area contributed by atoms with Crippen molar-refractivity contribution in [2.45, 2.75) is 42.6 Å². The summed E-state index contributed by atoms with van der Waals surface area (Å²) in [5.41, 5.74) is 1.17. The number of benzene rings is 1. The Bertz CT molecular complexity index is 747. The van der Waals surface area contributed by atoms with Crippen molar-refractivity contribution in [3.63, 3.8) is 0 Å². The lowest BCUT2D eigenvalue weighted by molar-refractivity contribution is -0.0330. The number of piperidine rings is 1. The number of aliphatic hydroxyl groups excluding tert-OH is 3. The van der Waals surface area contributed by atoms with Crippen molar-refractivity contribution in [1.29, 1.82) is 0 Å². The van der Waals surface area contributed by atoms with Crippen LogP contribution in [-0.4, -0.2) is 59.4 Å². The molecule has 1 aliphatic heterocycles. The molecule has 0 aromatic heterocycles. The quantitative estimate of drug-likeness (QED) is 0.514. The molecule has 7 nitrogen and oxygen atoms in total. The zero-order valence-electron chi connectivity index (χ0n) is 14.2. The van der Waals surface area contributed by atoms with Gasteiger partial charge < -0.3 is 35.2 Å². The topological polar surface area (TPSA) is 111 Å². The van der Waals surface area contributed by atoms with E-state index in [0.717, 1.165) is 0 Å². The molecule has 5 N–H and O–H groups in total. The van der Waals surface area contributed by atoms with Gasteiger partial charge in [0.2, 0.25) is 0 Å². The van der Waals surface area contributed by atoms with Crippen LogP contribution in [0.4, 0.5) is 0 Å². The van der Waals surface area contributed by atoms with Crippen LogP contribution in [0.2, 0.25) is 0 Å². The van der Waals surface area contributed by atoms with Gasteiger partial charge in [-0.15, -0.1) is 0 Å². The van der Waals surface area contributed by atoms with E-state index >= 15 is 0 Å². The summed E-state index contributed by atoms with van der Waals surface area (Å²) in [5.74, 6) is 0.551. The highest BCUT2D eigenvalue weighted by molar-refractivity contribution is 5.63. The molecule has 1 aromatic rings. The Morgan fingerprint density at radius 3 is 2.56 bits per heavy atom. The summed E-state index contributed by atoms with van der Waals surface area (Å²) in [4.78, 5) is 0. The second-order valence-electron chi connectivity index (χ2n) is 6.99. The van der Waals surface area contributed by atoms with Gasteiger partial charge in [0, 0.05) is 16.6 Å². The predicted octanol–water partition coefficient (Wildman–Crippen LogP) is 0.0735. The maximum Gasteiger partial charge on any atom is 0.162 e. The van der Waals surface area contributed by atoms with Crippen LogP contribution in [0, 0.1) is 0 Å². The number of fused-ring (bicyclic) bond motifs is 1. The second kappa shape index (κ2) is 5.60. The molecule has 0 unspecified atom stereocenters. The first kappa shape index (κ1) is 16.7. The lowest BCUT2D eigenvalue weighted by Crippen LogP contribution is -2.60. The van der Waals surface area contributed by atoms with Gasteiger partial charge in [0.05, 0.1) is 32.5 Å². The molecule has 0 spiro atoms. The summed E-state index contributed by atoms with van der Waals surface area (Å²) in [6.45, 7) is 0.612. The average Bonchev–Trinajstić information content (AvgIpc) is 2.60. The summed E-state index contributed by atoms with van der Waals surface area (Å²) in [6, 6.07) is 2.94. The summed E-state index contributed by atoms with van der Waals surface area (Å²) in [6.07, 6.45) is -2.23. The Balaban J connectivity index is 2.08. The van der Waals surface area contributed by atoms with Gasteiger partial charge >= 0.3 is 0 Å². The molecule has 0 amide bonds. The molecule has 25 heavy (non-hydrogen) atoms. The van der Waals surface area contributed by atoms with E-state index < -0.39 is 29.8 Å². The maximum atomic E-state index is 10.9. The van der Waals surface area contributed by atoms with Gasteiger partial charge in [-0.25, -0.2) is 0 Å². The number of nitrogens with one attached hydrogen (secondary N) is 1. The lowest BCUT2D eigenvalue weighted by atomic mass is 9.55. The van der Waals surface area contributed by atoms with Crippen LogP contribution in [-0.2, 0) is 10.2 Å². The van der Waals surface area contributed by atoms with Gasteiger partial charge in [-0.2, -0.15) is 0 Å². The van der Waals surface area contributed by atoms with Crippen LogP contribution in [0.25, 0.3) is 0 Å². The summed E-state index contributed by atoms with van der Waals surface area (Å²) in [5, 5.41) is 45.9. The van der Waals surface area contributed by atoms with E-state index in [1.165, 1.54) is 14.2 Å². The minimum Gasteiger partial charge on any atom is -0.504 e. The third-order valence-corrected chi connectivity index (χ3v) is 5.92. The molecule has 4 rings (SSSR count). The van der Waals surface area contributed by atoms with Crippen molar-refractivity contribution >= 4 is 0 Å². The number of aliphatic hydroxyl groups is 3. The average molecular weight is 349 g/mol. The lowest BCUT2D eigenvalue weighted by Gasteiger charge is -2.55. The van der Waals surface area contributed by atoms with Gasteiger partial charge in [0.15, 0.2) is 11.5 Å². The van der Waals surface area contributed by atoms with E-state index in [1.807, 2.05) is 0 Å². The third-order valence-electron chi connectivity index (χ3n) is 5.92. The normalized spacial score (nSPS) is 36.5. The molecule has 1 heterocycles. The Kier molecular flexibility index (Phi) is 3.73. The van der Waals surface area contributed by atoms with E-state index in [9.17, 15) is 20.4 Å². The van der Waals surface area contributed by atoms with Crippen molar-refractivity contribution in [3.05, 3.63) is 34.6 Å². The summed E-state index contributed by atoms with van der Waals surface area (Å²) < 4.78 is 10.7. The zero-order chi connectivity index (χ0) is 17.9. The van der Waals surface area contributed by atoms with E-state index in [2.05, 4.69) is 5.32 Å². The number of phenolic OH excluding ortho intramolecular Hbond substituents is 1. The Morgan fingerprint density at radius 2 is 1.88 bits per heavy atom. The van der Waals surface area contributed by atoms with Crippen LogP contribution >= 0.6 is 0 Å².